The summed E-state index contributed by atoms with van der Waals surface area (Å²) in [5, 5.41) is 2.84. The lowest BCUT2D eigenvalue weighted by Crippen LogP contribution is -2.37. The van der Waals surface area contributed by atoms with E-state index in [1.54, 1.807) is 11.0 Å². The normalized spacial score (nSPS) is 14.7. The van der Waals surface area contributed by atoms with Gasteiger partial charge in [-0.2, -0.15) is 0 Å². The molecule has 2 aliphatic rings. The van der Waals surface area contributed by atoms with Crippen LogP contribution in [0.3, 0.4) is 0 Å². The summed E-state index contributed by atoms with van der Waals surface area (Å²) < 4.78 is 10.6. The van der Waals surface area contributed by atoms with E-state index in [0.717, 1.165) is 11.1 Å². The van der Waals surface area contributed by atoms with Gasteiger partial charge in [0.25, 0.3) is 5.91 Å². The van der Waals surface area contributed by atoms with Gasteiger partial charge in [-0.15, -0.1) is 0 Å². The fourth-order valence-corrected chi connectivity index (χ4v) is 2.92. The molecule has 0 fully saturated rings. The molecule has 0 saturated carbocycles. The van der Waals surface area contributed by atoms with E-state index in [1.807, 2.05) is 36.4 Å². The minimum atomic E-state index is -0.186. The number of nitrogens with one attached hydrogen (secondary N) is 1. The summed E-state index contributed by atoms with van der Waals surface area (Å²) in [5.41, 5.74) is 2.57. The third kappa shape index (κ3) is 2.67. The van der Waals surface area contributed by atoms with Crippen molar-refractivity contribution in [3.05, 3.63) is 59.2 Å². The van der Waals surface area contributed by atoms with Gasteiger partial charge in [-0.1, -0.05) is 24.3 Å². The highest BCUT2D eigenvalue weighted by Crippen LogP contribution is 2.32. The monoisotopic (exact) mass is 324 g/mol. The third-order valence-electron chi connectivity index (χ3n) is 4.16. The zero-order chi connectivity index (χ0) is 16.5. The van der Waals surface area contributed by atoms with Crippen LogP contribution in [0.15, 0.2) is 42.5 Å². The van der Waals surface area contributed by atoms with Gasteiger partial charge in [0.15, 0.2) is 11.5 Å². The van der Waals surface area contributed by atoms with Gasteiger partial charge in [-0.25, -0.2) is 0 Å². The lowest BCUT2D eigenvalue weighted by atomic mass is 10.1. The number of ether oxygens (including phenoxy) is 2. The van der Waals surface area contributed by atoms with Gasteiger partial charge in [0.2, 0.25) is 12.7 Å². The Morgan fingerprint density at radius 3 is 2.83 bits per heavy atom. The van der Waals surface area contributed by atoms with Gasteiger partial charge >= 0.3 is 0 Å². The number of amides is 2. The second kappa shape index (κ2) is 5.88. The summed E-state index contributed by atoms with van der Waals surface area (Å²) in [6, 6.07) is 13.0. The highest BCUT2D eigenvalue weighted by molar-refractivity contribution is 6.00. The smallest absolute Gasteiger partial charge is 0.254 e. The fraction of sp³-hybridized carbons (Fsp3) is 0.222. The molecule has 2 amide bonds. The van der Waals surface area contributed by atoms with Crippen molar-refractivity contribution in [3.63, 3.8) is 0 Å². The van der Waals surface area contributed by atoms with Gasteiger partial charge in [0.1, 0.15) is 6.54 Å². The summed E-state index contributed by atoms with van der Waals surface area (Å²) in [4.78, 5) is 25.9. The molecule has 0 radical (unpaired) electrons. The van der Waals surface area contributed by atoms with Gasteiger partial charge in [-0.05, 0) is 29.3 Å². The predicted octanol–water partition coefficient (Wildman–Crippen LogP) is 1.69. The van der Waals surface area contributed by atoms with Crippen LogP contribution in [-0.4, -0.2) is 30.1 Å². The van der Waals surface area contributed by atoms with Crippen LogP contribution in [0.25, 0.3) is 0 Å². The number of hydrogen-bond acceptors (Lipinski definition) is 4. The summed E-state index contributed by atoms with van der Waals surface area (Å²) in [6.07, 6.45) is 0. The topological polar surface area (TPSA) is 67.9 Å². The second-order valence-corrected chi connectivity index (χ2v) is 5.78. The van der Waals surface area contributed by atoms with Gasteiger partial charge in [0.05, 0.1) is 0 Å². The largest absolute Gasteiger partial charge is 0.454 e. The number of carbonyl (C=O) groups is 2. The van der Waals surface area contributed by atoms with E-state index in [-0.39, 0.29) is 25.2 Å². The number of rotatable bonds is 4. The Kier molecular flexibility index (Phi) is 3.57. The number of benzene rings is 2. The van der Waals surface area contributed by atoms with Crippen LogP contribution in [0.2, 0.25) is 0 Å². The maximum Gasteiger partial charge on any atom is 0.254 e. The van der Waals surface area contributed by atoms with E-state index >= 15 is 0 Å². The van der Waals surface area contributed by atoms with E-state index in [0.29, 0.717) is 30.2 Å². The Hall–Kier alpha value is -3.02. The van der Waals surface area contributed by atoms with Crippen molar-refractivity contribution in [1.82, 2.24) is 10.2 Å². The Morgan fingerprint density at radius 1 is 1.12 bits per heavy atom. The molecule has 24 heavy (non-hydrogen) atoms. The van der Waals surface area contributed by atoms with E-state index in [4.69, 9.17) is 9.47 Å². The zero-order valence-corrected chi connectivity index (χ0v) is 13.0. The average Bonchev–Trinajstić information content (AvgIpc) is 3.18. The lowest BCUT2D eigenvalue weighted by Gasteiger charge is -2.15. The summed E-state index contributed by atoms with van der Waals surface area (Å²) in [5.74, 6) is 1.12. The molecule has 0 unspecified atom stereocenters. The standard InChI is InChI=1S/C18H16N2O4/c21-17(10-20-9-13-3-1-2-4-14(13)18(20)22)19-8-12-5-6-15-16(7-12)24-11-23-15/h1-7H,8-11H2,(H,19,21). The molecule has 2 aromatic carbocycles. The Morgan fingerprint density at radius 2 is 1.96 bits per heavy atom. The molecule has 2 heterocycles. The van der Waals surface area contributed by atoms with Crippen LogP contribution >= 0.6 is 0 Å². The van der Waals surface area contributed by atoms with Crippen LogP contribution in [0.1, 0.15) is 21.5 Å². The molecule has 6 heteroatoms. The maximum atomic E-state index is 12.2. The van der Waals surface area contributed by atoms with Crippen LogP contribution in [0.4, 0.5) is 0 Å². The van der Waals surface area contributed by atoms with E-state index in [9.17, 15) is 9.59 Å². The van der Waals surface area contributed by atoms with Gasteiger partial charge in [0, 0.05) is 18.7 Å². The molecule has 122 valence electrons. The van der Waals surface area contributed by atoms with Crippen LogP contribution in [0, 0.1) is 0 Å². The van der Waals surface area contributed by atoms with E-state index < -0.39 is 0 Å². The Balaban J connectivity index is 1.34. The summed E-state index contributed by atoms with van der Waals surface area (Å²) in [6.45, 7) is 1.14. The zero-order valence-electron chi connectivity index (χ0n) is 13.0. The van der Waals surface area contributed by atoms with Crippen LogP contribution in [-0.2, 0) is 17.9 Å². The molecular weight excluding hydrogens is 308 g/mol. The second-order valence-electron chi connectivity index (χ2n) is 5.78. The third-order valence-corrected chi connectivity index (χ3v) is 4.16. The molecule has 4 rings (SSSR count). The predicted molar refractivity (Wildman–Crippen MR) is 85.6 cm³/mol. The van der Waals surface area contributed by atoms with Crippen molar-refractivity contribution in [2.45, 2.75) is 13.1 Å². The molecule has 0 spiro atoms. The molecule has 0 aromatic heterocycles. The highest BCUT2D eigenvalue weighted by Gasteiger charge is 2.28. The van der Waals surface area contributed by atoms with Crippen molar-refractivity contribution < 1.29 is 19.1 Å². The fourth-order valence-electron chi connectivity index (χ4n) is 2.92. The maximum absolute atomic E-state index is 12.2. The van der Waals surface area contributed by atoms with Crippen molar-refractivity contribution in [2.24, 2.45) is 0 Å². The summed E-state index contributed by atoms with van der Waals surface area (Å²) >= 11 is 0. The molecule has 2 aromatic rings. The SMILES string of the molecule is O=C(CN1Cc2ccccc2C1=O)NCc1ccc2c(c1)OCO2. The van der Waals surface area contributed by atoms with Gasteiger partial charge < -0.3 is 19.7 Å². The Labute approximate surface area is 139 Å². The first-order chi connectivity index (χ1) is 11.7. The Bertz CT molecular complexity index is 818. The first-order valence-corrected chi connectivity index (χ1v) is 7.73. The molecule has 0 bridgehead atoms. The lowest BCUT2D eigenvalue weighted by molar-refractivity contribution is -0.122. The minimum Gasteiger partial charge on any atom is -0.454 e. The van der Waals surface area contributed by atoms with Crippen molar-refractivity contribution in [3.8, 4) is 11.5 Å². The van der Waals surface area contributed by atoms with Gasteiger partial charge in [-0.3, -0.25) is 9.59 Å². The van der Waals surface area contributed by atoms with E-state index in [2.05, 4.69) is 5.32 Å². The minimum absolute atomic E-state index is 0.0536. The number of hydrogen-bond donors (Lipinski definition) is 1. The summed E-state index contributed by atoms with van der Waals surface area (Å²) in [7, 11) is 0. The first-order valence-electron chi connectivity index (χ1n) is 7.73. The van der Waals surface area contributed by atoms with Crippen molar-refractivity contribution >= 4 is 11.8 Å². The number of fused-ring (bicyclic) bond motifs is 2. The number of carbonyl (C=O) groups excluding carboxylic acids is 2. The molecular formula is C18H16N2O4. The van der Waals surface area contributed by atoms with E-state index in [1.165, 1.54) is 0 Å². The first kappa shape index (κ1) is 14.6. The molecule has 2 aliphatic heterocycles. The quantitative estimate of drug-likeness (QED) is 0.929. The van der Waals surface area contributed by atoms with Crippen molar-refractivity contribution in [1.29, 1.82) is 0 Å². The highest BCUT2D eigenvalue weighted by atomic mass is 16.7. The molecule has 6 nitrogen and oxygen atoms in total. The van der Waals surface area contributed by atoms with Crippen LogP contribution in [0.5, 0.6) is 11.5 Å². The molecule has 0 atom stereocenters. The molecule has 1 N–H and O–H groups in total. The molecule has 0 aliphatic carbocycles. The number of nitrogens with zero attached hydrogens (tertiary/aromatic N) is 1. The average molecular weight is 324 g/mol. The van der Waals surface area contributed by atoms with Crippen molar-refractivity contribution in [2.75, 3.05) is 13.3 Å². The molecule has 0 saturated heterocycles. The van der Waals surface area contributed by atoms with Crippen LogP contribution < -0.4 is 14.8 Å².